The van der Waals surface area contributed by atoms with E-state index in [1.807, 2.05) is 12.2 Å². The standard InChI is InChI=1S/C45H61NO12/c1-25(26-9-4-3-5-10-26)34-22-32-33-15-18-43(53)41(52)44(33,56-35(14-7-19-47)38(32)46-34)42-17-16-36(48)45(43,58-42)57-39-28-13-6-11-27(12-8-20-55-24-42)29(39)21-31(40(51)54-2)30(28)23-37(49)50/h6,13,21-22,25-30,36,39,41,46-48,52-53H,3-5,7-12,14-20,23-24H2,1-2H3,(H,49,50). The van der Waals surface area contributed by atoms with Crippen molar-refractivity contribution in [2.75, 3.05) is 26.9 Å². The van der Waals surface area contributed by atoms with Crippen molar-refractivity contribution in [2.45, 2.75) is 150 Å². The maximum Gasteiger partial charge on any atom is 0.333 e. The second kappa shape index (κ2) is 15.1. The molecule has 5 heterocycles. The predicted molar refractivity (Wildman–Crippen MR) is 209 cm³/mol. The Balaban J connectivity index is 1.22. The van der Waals surface area contributed by atoms with Crippen molar-refractivity contribution < 1.29 is 58.8 Å². The number of aliphatic hydroxyl groups excluding tert-OH is 3. The monoisotopic (exact) mass is 807 g/mol. The van der Waals surface area contributed by atoms with Crippen LogP contribution in [0.15, 0.2) is 29.9 Å². The maximum atomic E-state index is 13.3. The Bertz CT molecular complexity index is 1970. The molecule has 8 bridgehead atoms. The smallest absolute Gasteiger partial charge is 0.333 e. The van der Waals surface area contributed by atoms with Crippen molar-refractivity contribution >= 4 is 23.3 Å². The van der Waals surface area contributed by atoms with Gasteiger partial charge in [0.05, 0.1) is 31.6 Å². The second-order valence-corrected chi connectivity index (χ2v) is 18.6. The summed E-state index contributed by atoms with van der Waals surface area (Å²) in [4.78, 5) is 29.4. The minimum atomic E-state index is -2.20. The van der Waals surface area contributed by atoms with Gasteiger partial charge in [-0.05, 0) is 93.6 Å². The Morgan fingerprint density at radius 2 is 1.88 bits per heavy atom. The second-order valence-electron chi connectivity index (χ2n) is 18.6. The number of rotatable bonds is 8. The molecule has 0 radical (unpaired) electrons. The van der Waals surface area contributed by atoms with E-state index >= 15 is 0 Å². The molecule has 8 aliphatic rings. The molecule has 13 nitrogen and oxygen atoms in total. The lowest BCUT2D eigenvalue weighted by molar-refractivity contribution is -0.489. The van der Waals surface area contributed by atoms with Crippen LogP contribution < -0.4 is 10.6 Å². The summed E-state index contributed by atoms with van der Waals surface area (Å²) in [7, 11) is 1.28. The zero-order valence-corrected chi connectivity index (χ0v) is 33.8. The van der Waals surface area contributed by atoms with E-state index in [1.54, 1.807) is 6.08 Å². The third-order valence-electron chi connectivity index (χ3n) is 15.7. The number of carbonyl (C=O) groups excluding carboxylic acids is 1. The van der Waals surface area contributed by atoms with Crippen LogP contribution in [0.1, 0.15) is 115 Å². The first kappa shape index (κ1) is 40.4. The molecule has 6 N–H and O–H groups in total. The highest BCUT2D eigenvalue weighted by atomic mass is 16.8. The Kier molecular flexibility index (Phi) is 10.5. The summed E-state index contributed by atoms with van der Waals surface area (Å²) >= 11 is 0. The third kappa shape index (κ3) is 5.88. The van der Waals surface area contributed by atoms with Crippen LogP contribution in [0.5, 0.6) is 0 Å². The Morgan fingerprint density at radius 1 is 1.07 bits per heavy atom. The number of aromatic amines is 1. The highest BCUT2D eigenvalue weighted by molar-refractivity contribution is 5.90. The summed E-state index contributed by atoms with van der Waals surface area (Å²) in [6.45, 7) is 2.57. The number of hydrogen-bond donors (Lipinski definition) is 6. The zero-order chi connectivity index (χ0) is 40.6. The minimum Gasteiger partial charge on any atom is -0.481 e. The molecule has 13 heteroatoms. The first-order chi connectivity index (χ1) is 27.9. The molecule has 1 aromatic heterocycles. The molecule has 318 valence electrons. The van der Waals surface area contributed by atoms with E-state index in [0.717, 1.165) is 21.8 Å². The van der Waals surface area contributed by atoms with E-state index in [0.29, 0.717) is 56.8 Å². The van der Waals surface area contributed by atoms with E-state index in [9.17, 15) is 35.1 Å². The minimum absolute atomic E-state index is 0.00564. The van der Waals surface area contributed by atoms with Gasteiger partial charge in [-0.1, -0.05) is 44.4 Å². The fourth-order valence-corrected chi connectivity index (χ4v) is 12.8. The number of carboxylic acids is 1. The topological polar surface area (TPSA) is 197 Å². The normalized spacial score (nSPS) is 41.3. The van der Waals surface area contributed by atoms with Crippen molar-refractivity contribution in [3.63, 3.8) is 0 Å². The van der Waals surface area contributed by atoms with Gasteiger partial charge in [-0.2, -0.15) is 0 Å². The fraction of sp³-hybridized carbons (Fsp3) is 0.733. The molecule has 9 rings (SSSR count). The van der Waals surface area contributed by atoms with E-state index in [2.05, 4.69) is 18.0 Å². The largest absolute Gasteiger partial charge is 0.481 e. The fourth-order valence-electron chi connectivity index (χ4n) is 12.8. The van der Waals surface area contributed by atoms with Crippen molar-refractivity contribution in [2.24, 2.45) is 29.6 Å². The van der Waals surface area contributed by atoms with Crippen molar-refractivity contribution in [3.05, 3.63) is 46.1 Å². The van der Waals surface area contributed by atoms with Crippen molar-refractivity contribution in [3.8, 4) is 0 Å². The van der Waals surface area contributed by atoms with E-state index in [-0.39, 0.29) is 56.3 Å². The highest BCUT2D eigenvalue weighted by Gasteiger charge is 2.83. The van der Waals surface area contributed by atoms with E-state index in [4.69, 9.17) is 23.7 Å². The molecule has 1 aromatic rings. The number of allylic oxidation sites excluding steroid dienone is 1. The average Bonchev–Trinajstić information content (AvgIpc) is 3.62. The lowest BCUT2D eigenvalue weighted by atomic mass is 9.53. The molecule has 4 aliphatic heterocycles. The molecule has 0 amide bonds. The molecule has 5 fully saturated rings. The quantitative estimate of drug-likeness (QED) is 0.166. The van der Waals surface area contributed by atoms with Crippen LogP contribution in [0.4, 0.5) is 0 Å². The van der Waals surface area contributed by atoms with Gasteiger partial charge in [-0.15, -0.1) is 0 Å². The van der Waals surface area contributed by atoms with Gasteiger partial charge in [0, 0.05) is 53.9 Å². The van der Waals surface area contributed by atoms with Gasteiger partial charge in [0.2, 0.25) is 5.79 Å². The summed E-state index contributed by atoms with van der Waals surface area (Å²) in [5.74, 6) is -4.45. The van der Waals surface area contributed by atoms with Gasteiger partial charge < -0.3 is 54.2 Å². The van der Waals surface area contributed by atoms with Crippen LogP contribution in [-0.4, -0.2) is 110 Å². The number of carboxylic acid groups (broad SMARTS) is 1. The third-order valence-corrected chi connectivity index (χ3v) is 15.7. The molecular weight excluding hydrogens is 746 g/mol. The first-order valence-electron chi connectivity index (χ1n) is 21.9. The van der Waals surface area contributed by atoms with Crippen LogP contribution in [0, 0.1) is 29.6 Å². The average molecular weight is 808 g/mol. The zero-order valence-electron chi connectivity index (χ0n) is 33.8. The van der Waals surface area contributed by atoms with Gasteiger partial charge in [-0.3, -0.25) is 4.79 Å². The number of H-pyrrole nitrogens is 1. The molecule has 2 saturated carbocycles. The number of aromatic nitrogens is 1. The molecule has 4 aliphatic carbocycles. The number of nitrogens with one attached hydrogen (secondary N) is 1. The number of fused-ring (bicyclic) bond motifs is 2. The van der Waals surface area contributed by atoms with E-state index in [1.165, 1.54) is 39.2 Å². The summed E-state index contributed by atoms with van der Waals surface area (Å²) in [6.07, 6.45) is 11.0. The SMILES string of the molecule is COC(=O)C1=CC2C3CC=CC(C1CC(=O)O)C2OC12OC(CCC1O)(COCCC3)C13OC(CCCO)=c4[nH]c(C(C)C5CCCCC5)cc4=C1CCC2(O)C3O. The van der Waals surface area contributed by atoms with Crippen LogP contribution >= 0.6 is 0 Å². The number of aliphatic carboxylic acids is 1. The molecule has 12 unspecified atom stereocenters. The summed E-state index contributed by atoms with van der Waals surface area (Å²) in [5.41, 5.74) is -3.09. The summed E-state index contributed by atoms with van der Waals surface area (Å²) in [6, 6.07) is 2.21. The number of carbonyl (C=O) groups is 2. The van der Waals surface area contributed by atoms with Gasteiger partial charge in [0.1, 0.15) is 23.6 Å². The lowest BCUT2D eigenvalue weighted by Crippen LogP contribution is -2.89. The molecule has 0 aromatic carbocycles. The lowest BCUT2D eigenvalue weighted by Gasteiger charge is -2.71. The van der Waals surface area contributed by atoms with E-state index < -0.39 is 70.6 Å². The van der Waals surface area contributed by atoms with Gasteiger partial charge >= 0.3 is 11.9 Å². The summed E-state index contributed by atoms with van der Waals surface area (Å²) in [5, 5.41) is 60.7. The Labute approximate surface area is 339 Å². The van der Waals surface area contributed by atoms with Gasteiger partial charge in [0.25, 0.3) is 0 Å². The number of aliphatic hydroxyl groups is 4. The van der Waals surface area contributed by atoms with Crippen molar-refractivity contribution in [1.29, 1.82) is 0 Å². The molecule has 58 heavy (non-hydrogen) atoms. The summed E-state index contributed by atoms with van der Waals surface area (Å²) < 4.78 is 33.6. The predicted octanol–water partition coefficient (Wildman–Crippen LogP) is 3.21. The number of methoxy groups -OCH3 is 1. The number of esters is 1. The van der Waals surface area contributed by atoms with Gasteiger partial charge in [0.15, 0.2) is 11.2 Å². The van der Waals surface area contributed by atoms with Crippen molar-refractivity contribution in [1.82, 2.24) is 4.98 Å². The van der Waals surface area contributed by atoms with Crippen LogP contribution in [0.2, 0.25) is 0 Å². The van der Waals surface area contributed by atoms with Crippen LogP contribution in [0.25, 0.3) is 11.3 Å². The Hall–Kier alpha value is -3.04. The molecule has 3 saturated heterocycles. The number of ether oxygens (including phenoxy) is 5. The van der Waals surface area contributed by atoms with Gasteiger partial charge in [-0.25, -0.2) is 4.79 Å². The highest BCUT2D eigenvalue weighted by Crippen LogP contribution is 2.66. The Morgan fingerprint density at radius 3 is 2.64 bits per heavy atom. The van der Waals surface area contributed by atoms with Crippen LogP contribution in [-0.2, 0) is 33.3 Å². The number of hydrogen-bond acceptors (Lipinski definition) is 11. The first-order valence-corrected chi connectivity index (χ1v) is 21.9. The molecular formula is C45H61NO12. The maximum absolute atomic E-state index is 13.3. The molecule has 1 spiro atoms. The van der Waals surface area contributed by atoms with Crippen LogP contribution in [0.3, 0.4) is 0 Å². The molecule has 12 atom stereocenters.